The Morgan fingerprint density at radius 2 is 2.00 bits per heavy atom. The third-order valence-corrected chi connectivity index (χ3v) is 4.88. The number of amides is 1. The zero-order chi connectivity index (χ0) is 17.3. The molecule has 2 aromatic carbocycles. The summed E-state index contributed by atoms with van der Waals surface area (Å²) in [6.45, 7) is 1.35. The summed E-state index contributed by atoms with van der Waals surface area (Å²) in [5, 5.41) is 4.89. The number of sulfonamides is 1. The highest BCUT2D eigenvalue weighted by atomic mass is 32.2. The molecule has 0 atom stereocenters. The lowest BCUT2D eigenvalue weighted by atomic mass is 10.2. The number of aromatic nitrogens is 2. The number of nitrogens with zero attached hydrogens (tertiary/aromatic N) is 2. The molecule has 0 fully saturated rings. The molecule has 8 heteroatoms. The molecule has 0 saturated heterocycles. The Morgan fingerprint density at radius 3 is 2.75 bits per heavy atom. The van der Waals surface area contributed by atoms with E-state index >= 15 is 0 Å². The predicted molar refractivity (Wildman–Crippen MR) is 86.2 cm³/mol. The Bertz CT molecular complexity index is 1030. The van der Waals surface area contributed by atoms with Crippen LogP contribution in [0.1, 0.15) is 5.56 Å². The van der Waals surface area contributed by atoms with Crippen LogP contribution < -0.4 is 4.72 Å². The summed E-state index contributed by atoms with van der Waals surface area (Å²) in [5.41, 5.74) is 1.28. The Balaban J connectivity index is 1.81. The molecule has 0 spiro atoms. The summed E-state index contributed by atoms with van der Waals surface area (Å²) in [4.78, 5) is 11.5. The first kappa shape index (κ1) is 16.1. The van der Waals surface area contributed by atoms with Crippen LogP contribution >= 0.6 is 0 Å². The van der Waals surface area contributed by atoms with Gasteiger partial charge in [-0.3, -0.25) is 9.48 Å². The van der Waals surface area contributed by atoms with Crippen molar-refractivity contribution in [3.8, 4) is 0 Å². The van der Waals surface area contributed by atoms with Gasteiger partial charge in [0.25, 0.3) is 15.9 Å². The van der Waals surface area contributed by atoms with Gasteiger partial charge >= 0.3 is 0 Å². The maximum absolute atomic E-state index is 13.8. The molecule has 124 valence electrons. The van der Waals surface area contributed by atoms with E-state index in [1.807, 2.05) is 16.9 Å². The minimum absolute atomic E-state index is 0.291. The maximum atomic E-state index is 13.8. The van der Waals surface area contributed by atoms with Crippen LogP contribution in [0.2, 0.25) is 0 Å². The molecule has 0 unspecified atom stereocenters. The molecular weight excluding hydrogens is 333 g/mol. The smallest absolute Gasteiger partial charge is 0.267 e. The third-order valence-electron chi connectivity index (χ3n) is 3.47. The summed E-state index contributed by atoms with van der Waals surface area (Å²) in [6, 6.07) is 10.9. The molecule has 24 heavy (non-hydrogen) atoms. The Kier molecular flexibility index (Phi) is 4.06. The van der Waals surface area contributed by atoms with Gasteiger partial charge in [0, 0.05) is 5.39 Å². The second-order valence-corrected chi connectivity index (χ2v) is 6.97. The number of fused-ring (bicyclic) bond motifs is 1. The molecule has 0 bridgehead atoms. The van der Waals surface area contributed by atoms with Crippen LogP contribution in [0.3, 0.4) is 0 Å². The summed E-state index contributed by atoms with van der Waals surface area (Å²) < 4.78 is 41.4. The zero-order valence-corrected chi connectivity index (χ0v) is 13.5. The van der Waals surface area contributed by atoms with Gasteiger partial charge < -0.3 is 0 Å². The molecule has 6 nitrogen and oxygen atoms in total. The number of benzene rings is 2. The fourth-order valence-electron chi connectivity index (χ4n) is 2.35. The van der Waals surface area contributed by atoms with E-state index < -0.39 is 26.6 Å². The first-order valence-electron chi connectivity index (χ1n) is 7.09. The van der Waals surface area contributed by atoms with E-state index in [1.54, 1.807) is 25.3 Å². The van der Waals surface area contributed by atoms with Gasteiger partial charge in [-0.1, -0.05) is 24.3 Å². The van der Waals surface area contributed by atoms with E-state index in [-0.39, 0.29) is 6.54 Å². The number of carbonyl (C=O) groups is 1. The van der Waals surface area contributed by atoms with Gasteiger partial charge in [-0.15, -0.1) is 0 Å². The highest BCUT2D eigenvalue weighted by Crippen LogP contribution is 2.16. The highest BCUT2D eigenvalue weighted by Gasteiger charge is 2.22. The van der Waals surface area contributed by atoms with Crippen LogP contribution in [-0.2, 0) is 21.4 Å². The molecular formula is C16H14FN3O3S. The van der Waals surface area contributed by atoms with Crippen molar-refractivity contribution in [2.75, 3.05) is 0 Å². The van der Waals surface area contributed by atoms with Crippen LogP contribution in [-0.4, -0.2) is 24.1 Å². The minimum atomic E-state index is -4.28. The van der Waals surface area contributed by atoms with Gasteiger partial charge in [0.2, 0.25) is 0 Å². The number of carbonyl (C=O) groups excluding carboxylic acids is 1. The van der Waals surface area contributed by atoms with Crippen LogP contribution in [0, 0.1) is 12.7 Å². The van der Waals surface area contributed by atoms with E-state index in [2.05, 4.69) is 5.10 Å². The Hall–Kier alpha value is -2.74. The van der Waals surface area contributed by atoms with Crippen LogP contribution in [0.15, 0.2) is 53.6 Å². The summed E-state index contributed by atoms with van der Waals surface area (Å²) in [6.07, 6.45) is 1.58. The molecule has 1 heterocycles. The van der Waals surface area contributed by atoms with Crippen molar-refractivity contribution in [3.63, 3.8) is 0 Å². The van der Waals surface area contributed by atoms with Gasteiger partial charge in [-0.05, 0) is 30.7 Å². The molecule has 0 radical (unpaired) electrons. The third kappa shape index (κ3) is 3.13. The van der Waals surface area contributed by atoms with Crippen LogP contribution in [0.5, 0.6) is 0 Å². The first-order chi connectivity index (χ1) is 11.4. The SMILES string of the molecule is Cc1ccc(S(=O)(=O)NC(=O)Cn2ncc3ccccc32)c(F)c1. The van der Waals surface area contributed by atoms with E-state index in [4.69, 9.17) is 0 Å². The van der Waals surface area contributed by atoms with E-state index in [0.717, 1.165) is 17.5 Å². The average molecular weight is 347 g/mol. The number of aryl methyl sites for hydroxylation is 1. The summed E-state index contributed by atoms with van der Waals surface area (Å²) in [7, 11) is -4.28. The fraction of sp³-hybridized carbons (Fsp3) is 0.125. The number of hydrogen-bond acceptors (Lipinski definition) is 4. The molecule has 1 N–H and O–H groups in total. The van der Waals surface area contributed by atoms with Crippen LogP contribution in [0.25, 0.3) is 10.9 Å². The maximum Gasteiger partial charge on any atom is 0.267 e. The number of nitrogens with one attached hydrogen (secondary N) is 1. The lowest BCUT2D eigenvalue weighted by molar-refractivity contribution is -0.120. The molecule has 0 aliphatic carbocycles. The summed E-state index contributed by atoms with van der Waals surface area (Å²) >= 11 is 0. The average Bonchev–Trinajstić information content (AvgIpc) is 2.89. The van der Waals surface area contributed by atoms with Crippen molar-refractivity contribution in [2.45, 2.75) is 18.4 Å². The van der Waals surface area contributed by atoms with Crippen LogP contribution in [0.4, 0.5) is 4.39 Å². The minimum Gasteiger partial charge on any atom is -0.272 e. The lowest BCUT2D eigenvalue weighted by Crippen LogP contribution is -2.34. The molecule has 0 aliphatic heterocycles. The molecule has 1 amide bonds. The van der Waals surface area contributed by atoms with E-state index in [9.17, 15) is 17.6 Å². The Morgan fingerprint density at radius 1 is 1.25 bits per heavy atom. The van der Waals surface area contributed by atoms with Crippen molar-refractivity contribution in [1.29, 1.82) is 0 Å². The molecule has 0 saturated carbocycles. The normalized spacial score (nSPS) is 11.6. The number of hydrogen-bond donors (Lipinski definition) is 1. The van der Waals surface area contributed by atoms with Gasteiger partial charge in [-0.2, -0.15) is 5.10 Å². The molecule has 1 aromatic heterocycles. The van der Waals surface area contributed by atoms with Gasteiger partial charge in [0.15, 0.2) is 0 Å². The van der Waals surface area contributed by atoms with Crippen molar-refractivity contribution >= 4 is 26.8 Å². The van der Waals surface area contributed by atoms with E-state index in [0.29, 0.717) is 11.1 Å². The highest BCUT2D eigenvalue weighted by molar-refractivity contribution is 7.90. The quantitative estimate of drug-likeness (QED) is 0.783. The molecule has 0 aliphatic rings. The van der Waals surface area contributed by atoms with Crippen molar-refractivity contribution in [1.82, 2.24) is 14.5 Å². The first-order valence-corrected chi connectivity index (χ1v) is 8.57. The number of halogens is 1. The lowest BCUT2D eigenvalue weighted by Gasteiger charge is -2.09. The second kappa shape index (κ2) is 6.04. The fourth-order valence-corrected chi connectivity index (χ4v) is 3.39. The van der Waals surface area contributed by atoms with Gasteiger partial charge in [-0.25, -0.2) is 17.5 Å². The predicted octanol–water partition coefficient (Wildman–Crippen LogP) is 1.99. The monoisotopic (exact) mass is 347 g/mol. The van der Waals surface area contributed by atoms with Gasteiger partial charge in [0.1, 0.15) is 17.3 Å². The van der Waals surface area contributed by atoms with Gasteiger partial charge in [0.05, 0.1) is 11.7 Å². The van der Waals surface area contributed by atoms with E-state index in [1.165, 1.54) is 10.7 Å². The number of rotatable bonds is 4. The summed E-state index contributed by atoms with van der Waals surface area (Å²) in [5.74, 6) is -1.70. The second-order valence-electron chi connectivity index (χ2n) is 5.32. The Labute approximate surface area is 138 Å². The molecule has 3 rings (SSSR count). The topological polar surface area (TPSA) is 81.1 Å². The van der Waals surface area contributed by atoms with Crippen molar-refractivity contribution in [2.24, 2.45) is 0 Å². The van der Waals surface area contributed by atoms with Crippen molar-refractivity contribution < 1.29 is 17.6 Å². The standard InChI is InChI=1S/C16H14FN3O3S/c1-11-6-7-15(13(17)8-11)24(22,23)19-16(21)10-20-14-5-3-2-4-12(14)9-18-20/h2-9H,10H2,1H3,(H,19,21). The number of para-hydroxylation sites is 1. The zero-order valence-electron chi connectivity index (χ0n) is 12.7. The molecule has 3 aromatic rings. The largest absolute Gasteiger partial charge is 0.272 e. The van der Waals surface area contributed by atoms with Crippen molar-refractivity contribution in [3.05, 3.63) is 60.0 Å².